The van der Waals surface area contributed by atoms with Gasteiger partial charge in [-0.05, 0) is 30.0 Å². The highest BCUT2D eigenvalue weighted by molar-refractivity contribution is 6.20. The van der Waals surface area contributed by atoms with Crippen molar-refractivity contribution in [1.29, 1.82) is 0 Å². The van der Waals surface area contributed by atoms with Crippen LogP contribution in [0.3, 0.4) is 0 Å². The highest BCUT2D eigenvalue weighted by Gasteiger charge is 2.66. The second-order valence-electron chi connectivity index (χ2n) is 10.0. The van der Waals surface area contributed by atoms with Crippen LogP contribution in [-0.4, -0.2) is 64.1 Å². The van der Waals surface area contributed by atoms with Crippen LogP contribution in [0.1, 0.15) is 23.6 Å². The summed E-state index contributed by atoms with van der Waals surface area (Å²) in [6.07, 6.45) is 0.680. The summed E-state index contributed by atoms with van der Waals surface area (Å²) in [5, 5.41) is 20.2. The number of benzene rings is 1. The van der Waals surface area contributed by atoms with Gasteiger partial charge in [-0.1, -0.05) is 6.07 Å². The largest absolute Gasteiger partial charge is 0.595 e. The summed E-state index contributed by atoms with van der Waals surface area (Å²) in [5.41, 5.74) is 0.466. The molecule has 2 N–H and O–H groups in total. The molecule has 182 valence electrons. The van der Waals surface area contributed by atoms with Gasteiger partial charge in [-0.25, -0.2) is 10.0 Å². The number of barbiturate groups is 1. The van der Waals surface area contributed by atoms with Crippen LogP contribution < -0.4 is 15.7 Å². The Bertz CT molecular complexity index is 1330. The maximum absolute atomic E-state index is 13.9. The Balaban J connectivity index is 1.62. The molecule has 1 aromatic carbocycles. The zero-order valence-corrected chi connectivity index (χ0v) is 19.3. The molecule has 2 fully saturated rings. The number of piperidine rings is 1. The zero-order valence-electron chi connectivity index (χ0n) is 19.3. The van der Waals surface area contributed by atoms with E-state index in [0.29, 0.717) is 25.1 Å². The Hall–Kier alpha value is -3.54. The Kier molecular flexibility index (Phi) is 4.54. The lowest BCUT2D eigenvalue weighted by Gasteiger charge is -2.59. The molecule has 5 heterocycles. The molecule has 0 aliphatic carbocycles. The molecule has 4 unspecified atom stereocenters. The van der Waals surface area contributed by atoms with E-state index < -0.39 is 34.5 Å². The van der Waals surface area contributed by atoms with Crippen molar-refractivity contribution >= 4 is 29.2 Å². The number of hydrogen-bond acceptors (Lipinski definition) is 7. The molecular weight excluding hydrogens is 454 g/mol. The van der Waals surface area contributed by atoms with Gasteiger partial charge in [0.05, 0.1) is 6.04 Å². The molecule has 0 saturated carbocycles. The van der Waals surface area contributed by atoms with Crippen LogP contribution in [0.15, 0.2) is 41.2 Å². The minimum Gasteiger partial charge on any atom is -0.595 e. The molecule has 1 aromatic heterocycles. The Morgan fingerprint density at radius 1 is 1.03 bits per heavy atom. The highest BCUT2D eigenvalue weighted by atomic mass is 16.8. The van der Waals surface area contributed by atoms with E-state index >= 15 is 0 Å². The van der Waals surface area contributed by atoms with E-state index in [9.17, 15) is 29.6 Å². The third-order valence-electron chi connectivity index (χ3n) is 8.22. The van der Waals surface area contributed by atoms with Gasteiger partial charge in [0, 0.05) is 69.1 Å². The number of rotatable bonds is 1. The number of hydrogen-bond donors (Lipinski definition) is 2. The van der Waals surface area contributed by atoms with Crippen molar-refractivity contribution in [2.45, 2.75) is 31.3 Å². The summed E-state index contributed by atoms with van der Waals surface area (Å²) in [4.78, 5) is 57.2. The monoisotopic (exact) mass is 479 g/mol. The summed E-state index contributed by atoms with van der Waals surface area (Å²) >= 11 is 0. The number of quaternary nitrogens is 1. The molecule has 11 heteroatoms. The molecule has 4 aliphatic heterocycles. The van der Waals surface area contributed by atoms with Crippen molar-refractivity contribution in [1.82, 2.24) is 14.4 Å². The third kappa shape index (κ3) is 2.77. The summed E-state index contributed by atoms with van der Waals surface area (Å²) in [6, 6.07) is 8.55. The number of imide groups is 2. The summed E-state index contributed by atoms with van der Waals surface area (Å²) in [7, 11) is 2.74. The first-order chi connectivity index (χ1) is 16.6. The second kappa shape index (κ2) is 7.23. The van der Waals surface area contributed by atoms with Crippen LogP contribution in [0.5, 0.6) is 0 Å². The van der Waals surface area contributed by atoms with Crippen LogP contribution >= 0.6 is 0 Å². The van der Waals surface area contributed by atoms with Crippen molar-refractivity contribution in [3.8, 4) is 0 Å². The zero-order chi connectivity index (χ0) is 24.8. The number of urea groups is 1. The second-order valence-corrected chi connectivity index (χ2v) is 10.0. The van der Waals surface area contributed by atoms with Crippen LogP contribution in [-0.2, 0) is 22.6 Å². The summed E-state index contributed by atoms with van der Waals surface area (Å²) < 4.78 is 1.74. The lowest BCUT2D eigenvalue weighted by molar-refractivity contribution is -0.991. The fourth-order valence-electron chi connectivity index (χ4n) is 6.80. The lowest BCUT2D eigenvalue weighted by atomic mass is 9.60. The Morgan fingerprint density at radius 3 is 2.43 bits per heavy atom. The standard InChI is InChI=1S/C24H25N5O6/c1-25-21(31)24(22(32)26(2)23(25)33)10-14-9-15(29(34)35)6-7-17(14)28-12-13-8-16(20(24)28)18-4-3-5-19(30)27(18)11-13/h3-7,9,13,16,20,29,34H,8,10-12H2,1-2H3. The molecule has 1 spiro atoms. The first kappa shape index (κ1) is 22.0. The number of amides is 4. The van der Waals surface area contributed by atoms with Gasteiger partial charge >= 0.3 is 6.03 Å². The Labute approximate surface area is 200 Å². The topological polar surface area (TPSA) is 131 Å². The quantitative estimate of drug-likeness (QED) is 0.429. The van der Waals surface area contributed by atoms with Crippen LogP contribution in [0, 0.1) is 16.5 Å². The van der Waals surface area contributed by atoms with Gasteiger partial charge in [0.1, 0.15) is 0 Å². The van der Waals surface area contributed by atoms with E-state index in [1.807, 2.05) is 6.07 Å². The summed E-state index contributed by atoms with van der Waals surface area (Å²) in [5.74, 6) is -1.38. The smallest absolute Gasteiger partial charge is 0.332 e. The highest BCUT2D eigenvalue weighted by Crippen LogP contribution is 2.54. The van der Waals surface area contributed by atoms with Crippen molar-refractivity contribution in [2.75, 3.05) is 25.5 Å². The molecule has 11 nitrogen and oxygen atoms in total. The van der Waals surface area contributed by atoms with Crippen molar-refractivity contribution in [3.05, 3.63) is 63.2 Å². The molecule has 4 amide bonds. The number of nitrogens with one attached hydrogen (secondary N) is 1. The Morgan fingerprint density at radius 2 is 1.74 bits per heavy atom. The fraction of sp³-hybridized carbons (Fsp3) is 0.417. The molecule has 0 radical (unpaired) electrons. The van der Waals surface area contributed by atoms with E-state index in [2.05, 4.69) is 4.90 Å². The van der Waals surface area contributed by atoms with Gasteiger partial charge < -0.3 is 14.7 Å². The van der Waals surface area contributed by atoms with Gasteiger partial charge in [-0.15, -0.1) is 0 Å². The van der Waals surface area contributed by atoms with Gasteiger partial charge in [0.2, 0.25) is 11.8 Å². The maximum Gasteiger partial charge on any atom is 0.332 e. The molecule has 4 atom stereocenters. The molecule has 2 saturated heterocycles. The molecule has 2 aromatic rings. The molecule has 2 bridgehead atoms. The average Bonchev–Trinajstić information content (AvgIpc) is 2.85. The number of anilines is 1. The first-order valence-corrected chi connectivity index (χ1v) is 11.6. The van der Waals surface area contributed by atoms with Crippen LogP contribution in [0.2, 0.25) is 0 Å². The first-order valence-electron chi connectivity index (χ1n) is 11.6. The number of carbonyl (C=O) groups is 3. The van der Waals surface area contributed by atoms with E-state index in [1.165, 1.54) is 32.3 Å². The molecular formula is C24H25N5O6. The van der Waals surface area contributed by atoms with Gasteiger partial charge in [-0.2, -0.15) is 5.23 Å². The van der Waals surface area contributed by atoms with E-state index in [-0.39, 0.29) is 29.5 Å². The number of nitrogens with zero attached hydrogens (tertiary/aromatic N) is 4. The summed E-state index contributed by atoms with van der Waals surface area (Å²) in [6.45, 7) is 1.04. The number of fused-ring (bicyclic) bond motifs is 9. The number of aromatic nitrogens is 1. The molecule has 35 heavy (non-hydrogen) atoms. The molecule has 4 aliphatic rings. The average molecular weight is 479 g/mol. The normalized spacial score (nSPS) is 27.5. The van der Waals surface area contributed by atoms with E-state index in [1.54, 1.807) is 16.7 Å². The number of pyridine rings is 1. The van der Waals surface area contributed by atoms with E-state index in [4.69, 9.17) is 0 Å². The lowest BCUT2D eigenvalue weighted by Crippen LogP contribution is -2.99. The van der Waals surface area contributed by atoms with Gasteiger partial charge in [0.25, 0.3) is 5.56 Å². The third-order valence-corrected chi connectivity index (χ3v) is 8.22. The van der Waals surface area contributed by atoms with Gasteiger partial charge in [-0.3, -0.25) is 24.2 Å². The predicted octanol–water partition coefficient (Wildman–Crippen LogP) is -0.163. The van der Waals surface area contributed by atoms with Crippen molar-refractivity contribution < 1.29 is 24.8 Å². The van der Waals surface area contributed by atoms with Crippen molar-refractivity contribution in [2.24, 2.45) is 11.3 Å². The minimum absolute atomic E-state index is 0.0253. The van der Waals surface area contributed by atoms with Crippen LogP contribution in [0.4, 0.5) is 16.2 Å². The SMILES string of the molecule is CN1C(=O)N(C)C(=O)C2(Cc3cc([NH+]([O-])O)ccc3N3CC4CC(c5cccc(=O)n5C4)C32)C1=O. The predicted molar refractivity (Wildman–Crippen MR) is 122 cm³/mol. The van der Waals surface area contributed by atoms with E-state index in [0.717, 1.165) is 21.2 Å². The van der Waals surface area contributed by atoms with Crippen LogP contribution in [0.25, 0.3) is 0 Å². The van der Waals surface area contributed by atoms with Crippen molar-refractivity contribution in [3.63, 3.8) is 0 Å². The van der Waals surface area contributed by atoms with Gasteiger partial charge in [0.15, 0.2) is 11.1 Å². The molecule has 6 rings (SSSR count). The maximum atomic E-state index is 13.9. The fourth-order valence-corrected chi connectivity index (χ4v) is 6.80. The number of carbonyl (C=O) groups excluding carboxylic acids is 3. The minimum atomic E-state index is -1.63.